The van der Waals surface area contributed by atoms with E-state index in [0.29, 0.717) is 11.6 Å². The van der Waals surface area contributed by atoms with Crippen LogP contribution in [0.15, 0.2) is 24.3 Å². The van der Waals surface area contributed by atoms with E-state index in [1.54, 1.807) is 24.3 Å². The largest absolute Gasteiger partial charge is 0.333 e. The molecule has 1 N–H and O–H groups in total. The number of nitrogens with one attached hydrogen (secondary N) is 1. The van der Waals surface area contributed by atoms with E-state index in [0.717, 1.165) is 10.5 Å². The maximum absolute atomic E-state index is 11.5. The molecule has 0 atom stereocenters. The van der Waals surface area contributed by atoms with Crippen LogP contribution < -0.4 is 4.90 Å². The summed E-state index contributed by atoms with van der Waals surface area (Å²) in [5.74, 6) is 0.150. The van der Waals surface area contributed by atoms with Crippen LogP contribution in [0.1, 0.15) is 10.4 Å². The first-order valence-corrected chi connectivity index (χ1v) is 4.55. The number of hydrogen-bond acceptors (Lipinski definition) is 1. The zero-order chi connectivity index (χ0) is 9.84. The summed E-state index contributed by atoms with van der Waals surface area (Å²) in [7, 11) is 3.90. The van der Waals surface area contributed by atoms with Crippen molar-refractivity contribution in [2.24, 2.45) is 0 Å². The van der Waals surface area contributed by atoms with Gasteiger partial charge in [-0.25, -0.2) is 0 Å². The number of carbonyl (C=O) groups excluding carboxylic acids is 1. The normalized spacial score (nSPS) is 10.5. The second-order valence-electron chi connectivity index (χ2n) is 3.31. The molecular weight excluding hydrogens is 186 g/mol. The molecule has 1 aromatic rings. The van der Waals surface area contributed by atoms with Crippen molar-refractivity contribution in [2.75, 3.05) is 20.6 Å². The molecule has 1 rings (SSSR count). The van der Waals surface area contributed by atoms with Crippen molar-refractivity contribution in [1.82, 2.24) is 0 Å². The van der Waals surface area contributed by atoms with Crippen molar-refractivity contribution in [1.29, 1.82) is 0 Å². The number of halogens is 1. The van der Waals surface area contributed by atoms with E-state index in [2.05, 4.69) is 0 Å². The van der Waals surface area contributed by atoms with E-state index in [4.69, 9.17) is 11.6 Å². The van der Waals surface area contributed by atoms with Crippen molar-refractivity contribution in [3.05, 3.63) is 34.9 Å². The summed E-state index contributed by atoms with van der Waals surface area (Å²) in [5.41, 5.74) is 0.727. The number of quaternary nitrogens is 1. The number of Topliss-reactive ketones (excluding diaryl/α,β-unsaturated/α-hetero) is 1. The molecule has 0 fully saturated rings. The Balaban J connectivity index is 2.72. The predicted molar refractivity (Wildman–Crippen MR) is 53.5 cm³/mol. The first-order chi connectivity index (χ1) is 6.09. The van der Waals surface area contributed by atoms with Crippen LogP contribution >= 0.6 is 11.6 Å². The van der Waals surface area contributed by atoms with Gasteiger partial charge in [-0.3, -0.25) is 4.79 Å². The van der Waals surface area contributed by atoms with Gasteiger partial charge in [-0.05, 0) is 24.3 Å². The van der Waals surface area contributed by atoms with Crippen molar-refractivity contribution in [3.63, 3.8) is 0 Å². The van der Waals surface area contributed by atoms with Gasteiger partial charge in [-0.2, -0.15) is 0 Å². The van der Waals surface area contributed by atoms with Gasteiger partial charge in [0.15, 0.2) is 0 Å². The zero-order valence-electron chi connectivity index (χ0n) is 7.80. The first-order valence-electron chi connectivity index (χ1n) is 4.17. The Morgan fingerprint density at radius 3 is 2.31 bits per heavy atom. The highest BCUT2D eigenvalue weighted by Crippen LogP contribution is 2.09. The fraction of sp³-hybridized carbons (Fsp3) is 0.300. The van der Waals surface area contributed by atoms with Gasteiger partial charge >= 0.3 is 0 Å². The Labute approximate surface area is 83.1 Å². The summed E-state index contributed by atoms with van der Waals surface area (Å²) in [6, 6.07) is 6.99. The minimum absolute atomic E-state index is 0.150. The van der Waals surface area contributed by atoms with Crippen LogP contribution in [0, 0.1) is 0 Å². The molecule has 2 nitrogen and oxygen atoms in total. The Morgan fingerprint density at radius 1 is 1.31 bits per heavy atom. The summed E-state index contributed by atoms with van der Waals surface area (Å²) in [6.07, 6.45) is 0. The summed E-state index contributed by atoms with van der Waals surface area (Å²) < 4.78 is 0. The number of benzene rings is 1. The molecule has 70 valence electrons. The molecule has 0 amide bonds. The van der Waals surface area contributed by atoms with Crippen LogP contribution in [-0.4, -0.2) is 26.4 Å². The maximum atomic E-state index is 11.5. The fourth-order valence-electron chi connectivity index (χ4n) is 1.06. The smallest absolute Gasteiger partial charge is 0.216 e. The van der Waals surface area contributed by atoms with E-state index >= 15 is 0 Å². The van der Waals surface area contributed by atoms with Crippen molar-refractivity contribution in [2.45, 2.75) is 0 Å². The highest BCUT2D eigenvalue weighted by atomic mass is 35.5. The van der Waals surface area contributed by atoms with Crippen molar-refractivity contribution < 1.29 is 9.69 Å². The summed E-state index contributed by atoms with van der Waals surface area (Å²) >= 11 is 5.71. The monoisotopic (exact) mass is 198 g/mol. The lowest BCUT2D eigenvalue weighted by Crippen LogP contribution is -3.06. The second kappa shape index (κ2) is 4.40. The predicted octanol–water partition coefficient (Wildman–Crippen LogP) is 0.667. The van der Waals surface area contributed by atoms with E-state index in [1.165, 1.54) is 0 Å². The Hall–Kier alpha value is -0.860. The molecule has 1 aromatic carbocycles. The SMILES string of the molecule is C[NH+](C)CC(=O)c1ccc(Cl)cc1. The van der Waals surface area contributed by atoms with Crippen LogP contribution in [0.4, 0.5) is 0 Å². The third-order valence-corrected chi connectivity index (χ3v) is 1.93. The number of ketones is 1. The van der Waals surface area contributed by atoms with E-state index < -0.39 is 0 Å². The molecule has 0 aliphatic carbocycles. The molecule has 3 heteroatoms. The Morgan fingerprint density at radius 2 is 1.85 bits per heavy atom. The highest BCUT2D eigenvalue weighted by Gasteiger charge is 2.08. The average molecular weight is 199 g/mol. The summed E-state index contributed by atoms with van der Waals surface area (Å²) in [5, 5.41) is 0.661. The number of carbonyl (C=O) groups is 1. The molecule has 0 saturated heterocycles. The molecule has 0 heterocycles. The van der Waals surface area contributed by atoms with Crippen LogP contribution in [0.2, 0.25) is 5.02 Å². The van der Waals surface area contributed by atoms with Crippen LogP contribution in [0.3, 0.4) is 0 Å². The summed E-state index contributed by atoms with van der Waals surface area (Å²) in [4.78, 5) is 12.6. The van der Waals surface area contributed by atoms with Gasteiger partial charge in [0.25, 0.3) is 0 Å². The second-order valence-corrected chi connectivity index (χ2v) is 3.75. The Kier molecular flexibility index (Phi) is 3.46. The average Bonchev–Trinajstić information content (AvgIpc) is 2.04. The van der Waals surface area contributed by atoms with Crippen LogP contribution in [-0.2, 0) is 0 Å². The first kappa shape index (κ1) is 10.2. The lowest BCUT2D eigenvalue weighted by atomic mass is 10.1. The number of hydrogen-bond donors (Lipinski definition) is 1. The van der Waals surface area contributed by atoms with Crippen LogP contribution in [0.25, 0.3) is 0 Å². The molecule has 0 unspecified atom stereocenters. The van der Waals surface area contributed by atoms with Gasteiger partial charge in [0, 0.05) is 10.6 Å². The van der Waals surface area contributed by atoms with E-state index in [9.17, 15) is 4.79 Å². The van der Waals surface area contributed by atoms with Gasteiger partial charge in [0.05, 0.1) is 14.1 Å². The van der Waals surface area contributed by atoms with Gasteiger partial charge in [-0.15, -0.1) is 0 Å². The molecule has 0 aliphatic heterocycles. The molecule has 0 spiro atoms. The van der Waals surface area contributed by atoms with Gasteiger partial charge < -0.3 is 4.90 Å². The lowest BCUT2D eigenvalue weighted by molar-refractivity contribution is -0.848. The maximum Gasteiger partial charge on any atom is 0.216 e. The molecule has 0 saturated carbocycles. The van der Waals surface area contributed by atoms with Crippen LogP contribution in [0.5, 0.6) is 0 Å². The molecule has 0 aliphatic rings. The minimum Gasteiger partial charge on any atom is -0.333 e. The van der Waals surface area contributed by atoms with Crippen molar-refractivity contribution >= 4 is 17.4 Å². The third kappa shape index (κ3) is 3.17. The topological polar surface area (TPSA) is 21.5 Å². The Bertz CT molecular complexity index is 292. The van der Waals surface area contributed by atoms with E-state index in [1.807, 2.05) is 14.1 Å². The van der Waals surface area contributed by atoms with Gasteiger partial charge in [-0.1, -0.05) is 11.6 Å². The lowest BCUT2D eigenvalue weighted by Gasteiger charge is -2.05. The number of likely N-dealkylation sites (N-methyl/N-ethyl adjacent to an activating group) is 1. The number of rotatable bonds is 3. The quantitative estimate of drug-likeness (QED) is 0.709. The third-order valence-electron chi connectivity index (χ3n) is 1.68. The highest BCUT2D eigenvalue weighted by molar-refractivity contribution is 6.30. The molecule has 0 aromatic heterocycles. The molecule has 0 radical (unpaired) electrons. The molecular formula is C10H13ClNO+. The fourth-order valence-corrected chi connectivity index (χ4v) is 1.18. The van der Waals surface area contributed by atoms with Crippen molar-refractivity contribution in [3.8, 4) is 0 Å². The molecule has 0 bridgehead atoms. The summed E-state index contributed by atoms with van der Waals surface area (Å²) in [6.45, 7) is 0.516. The molecule has 13 heavy (non-hydrogen) atoms. The standard InChI is InChI=1S/C10H12ClNO/c1-12(2)7-10(13)8-3-5-9(11)6-4-8/h3-6H,7H2,1-2H3/p+1. The van der Waals surface area contributed by atoms with E-state index in [-0.39, 0.29) is 5.78 Å². The zero-order valence-corrected chi connectivity index (χ0v) is 8.56. The van der Waals surface area contributed by atoms with Gasteiger partial charge in [0.2, 0.25) is 5.78 Å². The minimum atomic E-state index is 0.150. The van der Waals surface area contributed by atoms with Gasteiger partial charge in [0.1, 0.15) is 6.54 Å².